The van der Waals surface area contributed by atoms with Gasteiger partial charge in [0.05, 0.1) is 0 Å². The Morgan fingerprint density at radius 3 is 2.82 bits per heavy atom. The van der Waals surface area contributed by atoms with Crippen LogP contribution in [0.15, 0.2) is 4.79 Å². The molecule has 1 heterocycles. The average molecular weight is 257 g/mol. The maximum atomic E-state index is 11.4. The zero-order valence-corrected chi connectivity index (χ0v) is 10.5. The molecule has 0 atom stereocenters. The number of carbonyl (C=O) groups is 1. The molecule has 7 heteroatoms. The zero-order valence-electron chi connectivity index (χ0n) is 9.64. The summed E-state index contributed by atoms with van der Waals surface area (Å²) in [5.74, 6) is 0. The van der Waals surface area contributed by atoms with Gasteiger partial charge in [-0.3, -0.25) is 0 Å². The molecule has 6 nitrogen and oxygen atoms in total. The minimum atomic E-state index is -0.583. The number of rotatable bonds is 2. The molecule has 94 valence electrons. The van der Waals surface area contributed by atoms with Crippen molar-refractivity contribution < 1.29 is 9.53 Å². The molecule has 0 saturated heterocycles. The first kappa shape index (κ1) is 12.1. The van der Waals surface area contributed by atoms with Crippen LogP contribution in [0.1, 0.15) is 32.1 Å². The lowest BCUT2D eigenvalue weighted by Crippen LogP contribution is -2.30. The molecule has 1 saturated carbocycles. The lowest BCUT2D eigenvalue weighted by atomic mass is 9.98. The van der Waals surface area contributed by atoms with E-state index in [0.29, 0.717) is 0 Å². The normalized spacial score (nSPS) is 16.8. The van der Waals surface area contributed by atoms with Gasteiger partial charge in [0, 0.05) is 18.6 Å². The molecule has 2 rings (SSSR count). The molecule has 1 aromatic rings. The topological polar surface area (TPSA) is 73.2 Å². The van der Waals surface area contributed by atoms with Crippen molar-refractivity contribution in [3.63, 3.8) is 0 Å². The number of ether oxygens (including phenoxy) is 1. The van der Waals surface area contributed by atoms with E-state index in [1.807, 2.05) is 0 Å². The fourth-order valence-corrected chi connectivity index (χ4v) is 2.61. The Kier molecular flexibility index (Phi) is 3.78. The number of hydrogen-bond acceptors (Lipinski definition) is 5. The lowest BCUT2D eigenvalue weighted by molar-refractivity contribution is 0.154. The molecule has 17 heavy (non-hydrogen) atoms. The lowest BCUT2D eigenvalue weighted by Gasteiger charge is -2.20. The minimum Gasteiger partial charge on any atom is -0.466 e. The van der Waals surface area contributed by atoms with Gasteiger partial charge in [0.2, 0.25) is 0 Å². The highest BCUT2D eigenvalue weighted by Gasteiger charge is 2.19. The second kappa shape index (κ2) is 5.31. The van der Waals surface area contributed by atoms with Gasteiger partial charge in [0.25, 0.3) is 5.19 Å². The third-order valence-corrected chi connectivity index (χ3v) is 3.60. The third kappa shape index (κ3) is 2.85. The Morgan fingerprint density at radius 2 is 2.18 bits per heavy atom. The Morgan fingerprint density at radius 1 is 1.47 bits per heavy atom. The van der Waals surface area contributed by atoms with Crippen molar-refractivity contribution in [1.82, 2.24) is 14.3 Å². The molecule has 1 N–H and O–H groups in total. The molecule has 1 aliphatic rings. The first-order chi connectivity index (χ1) is 8.20. The molecule has 1 fully saturated rings. The average Bonchev–Trinajstić information content (AvgIpc) is 2.70. The fraction of sp³-hybridized carbons (Fsp3) is 0.700. The van der Waals surface area contributed by atoms with Crippen LogP contribution in [0.5, 0.6) is 5.19 Å². The highest BCUT2D eigenvalue weighted by atomic mass is 32.1. The van der Waals surface area contributed by atoms with Crippen molar-refractivity contribution in [2.75, 3.05) is 7.05 Å². The van der Waals surface area contributed by atoms with Crippen LogP contribution in [0, 0.1) is 0 Å². The maximum Gasteiger partial charge on any atom is 0.369 e. The minimum absolute atomic E-state index is 0.132. The van der Waals surface area contributed by atoms with Crippen LogP contribution >= 0.6 is 11.5 Å². The SMILES string of the molecule is CNC(=O)n1sc(OC2CCCCC2)nc1=O. The largest absolute Gasteiger partial charge is 0.466 e. The number of nitrogens with one attached hydrogen (secondary N) is 1. The maximum absolute atomic E-state index is 11.4. The van der Waals surface area contributed by atoms with Crippen LogP contribution < -0.4 is 15.7 Å². The number of aromatic nitrogens is 2. The summed E-state index contributed by atoms with van der Waals surface area (Å²) in [7, 11) is 1.47. The van der Waals surface area contributed by atoms with Crippen LogP contribution in [0.3, 0.4) is 0 Å². The molecule has 0 spiro atoms. The quantitative estimate of drug-likeness (QED) is 0.864. The van der Waals surface area contributed by atoms with E-state index in [1.165, 1.54) is 13.5 Å². The van der Waals surface area contributed by atoms with Crippen molar-refractivity contribution in [1.29, 1.82) is 0 Å². The van der Waals surface area contributed by atoms with Gasteiger partial charge in [0.1, 0.15) is 6.10 Å². The molecule has 0 aromatic carbocycles. The van der Waals surface area contributed by atoms with Gasteiger partial charge in [0.15, 0.2) is 0 Å². The van der Waals surface area contributed by atoms with Crippen molar-refractivity contribution >= 4 is 17.6 Å². The molecule has 1 amide bonds. The van der Waals surface area contributed by atoms with E-state index in [0.717, 1.165) is 41.2 Å². The third-order valence-electron chi connectivity index (χ3n) is 2.75. The molecular weight excluding hydrogens is 242 g/mol. The van der Waals surface area contributed by atoms with Gasteiger partial charge in [-0.2, -0.15) is 3.96 Å². The van der Waals surface area contributed by atoms with Gasteiger partial charge in [-0.05, 0) is 25.7 Å². The fourth-order valence-electron chi connectivity index (χ4n) is 1.86. The van der Waals surface area contributed by atoms with Gasteiger partial charge >= 0.3 is 11.7 Å². The van der Waals surface area contributed by atoms with E-state index in [-0.39, 0.29) is 11.3 Å². The first-order valence-electron chi connectivity index (χ1n) is 5.70. The highest BCUT2D eigenvalue weighted by molar-refractivity contribution is 7.09. The van der Waals surface area contributed by atoms with Crippen molar-refractivity contribution in [3.05, 3.63) is 10.5 Å². The van der Waals surface area contributed by atoms with Gasteiger partial charge in [-0.25, -0.2) is 9.59 Å². The van der Waals surface area contributed by atoms with E-state index in [9.17, 15) is 9.59 Å². The summed E-state index contributed by atoms with van der Waals surface area (Å²) in [5.41, 5.74) is -0.583. The summed E-state index contributed by atoms with van der Waals surface area (Å²) >= 11 is 0.945. The van der Waals surface area contributed by atoms with Crippen LogP contribution in [-0.2, 0) is 0 Å². The molecule has 0 unspecified atom stereocenters. The Balaban J connectivity index is 2.06. The Bertz CT molecular complexity index is 448. The molecule has 1 aromatic heterocycles. The number of nitrogens with zero attached hydrogens (tertiary/aromatic N) is 2. The van der Waals surface area contributed by atoms with Gasteiger partial charge in [-0.15, -0.1) is 4.98 Å². The summed E-state index contributed by atoms with van der Waals surface area (Å²) in [6.07, 6.45) is 5.66. The van der Waals surface area contributed by atoms with E-state index in [1.54, 1.807) is 0 Å². The first-order valence-corrected chi connectivity index (χ1v) is 6.47. The second-order valence-electron chi connectivity index (χ2n) is 3.98. The predicted octanol–water partition coefficient (Wildman–Crippen LogP) is 1.20. The van der Waals surface area contributed by atoms with E-state index < -0.39 is 11.7 Å². The van der Waals surface area contributed by atoms with Crippen LogP contribution in [0.4, 0.5) is 4.79 Å². The molecule has 0 aliphatic heterocycles. The Labute approximate surface area is 103 Å². The molecule has 0 bridgehead atoms. The predicted molar refractivity (Wildman–Crippen MR) is 63.7 cm³/mol. The van der Waals surface area contributed by atoms with Crippen molar-refractivity contribution in [2.24, 2.45) is 0 Å². The smallest absolute Gasteiger partial charge is 0.369 e. The Hall–Kier alpha value is -1.37. The molecule has 1 aliphatic carbocycles. The second-order valence-corrected chi connectivity index (χ2v) is 4.88. The number of hydrogen-bond donors (Lipinski definition) is 1. The summed E-state index contributed by atoms with van der Waals surface area (Å²) in [4.78, 5) is 26.4. The molecule has 0 radical (unpaired) electrons. The number of carbonyl (C=O) groups excluding carboxylic acids is 1. The highest BCUT2D eigenvalue weighted by Crippen LogP contribution is 2.23. The van der Waals surface area contributed by atoms with Crippen molar-refractivity contribution in [2.45, 2.75) is 38.2 Å². The monoisotopic (exact) mass is 257 g/mol. The van der Waals surface area contributed by atoms with Gasteiger partial charge in [-0.1, -0.05) is 6.42 Å². The van der Waals surface area contributed by atoms with Gasteiger partial charge < -0.3 is 10.1 Å². The van der Waals surface area contributed by atoms with Crippen LogP contribution in [0.25, 0.3) is 0 Å². The summed E-state index contributed by atoms with van der Waals surface area (Å²) in [6, 6.07) is -0.481. The summed E-state index contributed by atoms with van der Waals surface area (Å²) < 4.78 is 6.57. The zero-order chi connectivity index (χ0) is 12.3. The summed E-state index contributed by atoms with van der Waals surface area (Å²) in [5, 5.41) is 2.66. The van der Waals surface area contributed by atoms with E-state index >= 15 is 0 Å². The van der Waals surface area contributed by atoms with Crippen LogP contribution in [0.2, 0.25) is 0 Å². The summed E-state index contributed by atoms with van der Waals surface area (Å²) in [6.45, 7) is 0. The van der Waals surface area contributed by atoms with Crippen molar-refractivity contribution in [3.8, 4) is 5.19 Å². The van der Waals surface area contributed by atoms with E-state index in [4.69, 9.17) is 4.74 Å². The number of amides is 1. The standard InChI is InChI=1S/C10H15N3O3S/c1-11-8(14)13-9(15)12-10(17-13)16-7-5-3-2-4-6-7/h7H,2-6H2,1H3,(H,11,14). The van der Waals surface area contributed by atoms with Crippen LogP contribution in [-0.4, -0.2) is 28.1 Å². The molecular formula is C10H15N3O3S. The van der Waals surface area contributed by atoms with E-state index in [2.05, 4.69) is 10.3 Å².